The van der Waals surface area contributed by atoms with E-state index in [1.54, 1.807) is 41.0 Å². The standard InChI is InChI=1S/C27H31F2N5O4/c1-27(2,3)38-26(36)34-13-5-6-19(34)16-37-24-10-8-18(15-20(24)23-11-12-30-33(23)4)31-25(35)32-22-9-7-17(28)14-21(22)29/h7-12,14-15,19H,5-6,13,16H2,1-4H3,(H2,31,32,35)/t19-/m1/s1. The van der Waals surface area contributed by atoms with Crippen LogP contribution in [0.2, 0.25) is 0 Å². The molecule has 9 nitrogen and oxygen atoms in total. The fourth-order valence-corrected chi connectivity index (χ4v) is 4.20. The first kappa shape index (κ1) is 26.9. The lowest BCUT2D eigenvalue weighted by molar-refractivity contribution is 0.0187. The predicted octanol–water partition coefficient (Wildman–Crippen LogP) is 5.79. The number of halogens is 2. The zero-order chi connectivity index (χ0) is 27.4. The third-order valence-corrected chi connectivity index (χ3v) is 5.95. The number of benzene rings is 2. The van der Waals surface area contributed by atoms with Crippen LogP contribution in [0.5, 0.6) is 5.75 Å². The number of anilines is 2. The van der Waals surface area contributed by atoms with Crippen molar-refractivity contribution in [3.8, 4) is 17.0 Å². The molecule has 2 N–H and O–H groups in total. The van der Waals surface area contributed by atoms with Crippen LogP contribution in [-0.4, -0.2) is 51.6 Å². The number of carbonyl (C=O) groups is 2. The van der Waals surface area contributed by atoms with Crippen molar-refractivity contribution in [1.82, 2.24) is 14.7 Å². The molecule has 1 atom stereocenters. The number of carbonyl (C=O) groups excluding carboxylic acids is 2. The molecule has 0 unspecified atom stereocenters. The topological polar surface area (TPSA) is 97.7 Å². The van der Waals surface area contributed by atoms with Crippen LogP contribution in [0.1, 0.15) is 33.6 Å². The van der Waals surface area contributed by atoms with E-state index in [1.807, 2.05) is 26.8 Å². The van der Waals surface area contributed by atoms with Gasteiger partial charge in [0.05, 0.1) is 17.4 Å². The first-order valence-electron chi connectivity index (χ1n) is 12.3. The second-order valence-corrected chi connectivity index (χ2v) is 10.0. The van der Waals surface area contributed by atoms with Gasteiger partial charge in [0.2, 0.25) is 0 Å². The molecule has 1 saturated heterocycles. The Balaban J connectivity index is 1.50. The van der Waals surface area contributed by atoms with E-state index < -0.39 is 23.3 Å². The Hall–Kier alpha value is -4.15. The van der Waals surface area contributed by atoms with Crippen molar-refractivity contribution in [2.45, 2.75) is 45.3 Å². The molecule has 3 aromatic rings. The van der Waals surface area contributed by atoms with Gasteiger partial charge in [0.1, 0.15) is 29.6 Å². The van der Waals surface area contributed by atoms with E-state index in [9.17, 15) is 18.4 Å². The first-order valence-corrected chi connectivity index (χ1v) is 12.3. The van der Waals surface area contributed by atoms with E-state index in [1.165, 1.54) is 0 Å². The molecular formula is C27H31F2N5O4. The highest BCUT2D eigenvalue weighted by atomic mass is 19.1. The van der Waals surface area contributed by atoms with Gasteiger partial charge < -0.3 is 25.0 Å². The number of urea groups is 1. The van der Waals surface area contributed by atoms with Crippen LogP contribution in [0, 0.1) is 11.6 Å². The zero-order valence-electron chi connectivity index (χ0n) is 21.8. The Bertz CT molecular complexity index is 1320. The number of likely N-dealkylation sites (tertiary alicyclic amines) is 1. The summed E-state index contributed by atoms with van der Waals surface area (Å²) in [4.78, 5) is 26.8. The lowest BCUT2D eigenvalue weighted by Crippen LogP contribution is -2.42. The SMILES string of the molecule is Cn1nccc1-c1cc(NC(=O)Nc2ccc(F)cc2F)ccc1OC[C@H]1CCCN1C(=O)OC(C)(C)C. The van der Waals surface area contributed by atoms with Gasteiger partial charge >= 0.3 is 12.1 Å². The third kappa shape index (κ3) is 6.58. The molecule has 2 heterocycles. The summed E-state index contributed by atoms with van der Waals surface area (Å²) >= 11 is 0. The van der Waals surface area contributed by atoms with E-state index in [-0.39, 0.29) is 24.4 Å². The van der Waals surface area contributed by atoms with Crippen molar-refractivity contribution in [3.63, 3.8) is 0 Å². The maximum Gasteiger partial charge on any atom is 0.410 e. The summed E-state index contributed by atoms with van der Waals surface area (Å²) in [6.45, 7) is 6.36. The van der Waals surface area contributed by atoms with E-state index in [2.05, 4.69) is 15.7 Å². The minimum absolute atomic E-state index is 0.140. The molecule has 1 fully saturated rings. The molecule has 0 aliphatic carbocycles. The number of rotatable bonds is 6. The van der Waals surface area contributed by atoms with Crippen molar-refractivity contribution in [2.75, 3.05) is 23.8 Å². The molecule has 0 saturated carbocycles. The van der Waals surface area contributed by atoms with Crippen molar-refractivity contribution >= 4 is 23.5 Å². The van der Waals surface area contributed by atoms with Gasteiger partial charge in [-0.3, -0.25) is 4.68 Å². The second-order valence-electron chi connectivity index (χ2n) is 10.0. The largest absolute Gasteiger partial charge is 0.491 e. The summed E-state index contributed by atoms with van der Waals surface area (Å²) in [5, 5.41) is 9.25. The van der Waals surface area contributed by atoms with Gasteiger partial charge in [-0.05, 0) is 70.0 Å². The Morgan fingerprint density at radius 2 is 1.89 bits per heavy atom. The summed E-state index contributed by atoms with van der Waals surface area (Å²) in [6, 6.07) is 8.94. The Kier molecular flexibility index (Phi) is 7.84. The van der Waals surface area contributed by atoms with Crippen LogP contribution in [0.4, 0.5) is 29.7 Å². The van der Waals surface area contributed by atoms with Gasteiger partial charge in [-0.25, -0.2) is 18.4 Å². The number of aryl methyl sites for hydroxylation is 1. The minimum Gasteiger partial charge on any atom is -0.491 e. The van der Waals surface area contributed by atoms with Gasteiger partial charge in [0.15, 0.2) is 0 Å². The molecule has 38 heavy (non-hydrogen) atoms. The average Bonchev–Trinajstić information content (AvgIpc) is 3.48. The lowest BCUT2D eigenvalue weighted by atomic mass is 10.1. The van der Waals surface area contributed by atoms with E-state index in [0.29, 0.717) is 29.6 Å². The summed E-state index contributed by atoms with van der Waals surface area (Å²) in [6.07, 6.45) is 2.93. The van der Waals surface area contributed by atoms with Crippen LogP contribution < -0.4 is 15.4 Å². The molecule has 3 amide bonds. The summed E-state index contributed by atoms with van der Waals surface area (Å²) < 4.78 is 40.5. The van der Waals surface area contributed by atoms with Crippen LogP contribution in [0.15, 0.2) is 48.7 Å². The molecule has 0 radical (unpaired) electrons. The fourth-order valence-electron chi connectivity index (χ4n) is 4.20. The van der Waals surface area contributed by atoms with Crippen molar-refractivity contribution < 1.29 is 27.8 Å². The fraction of sp³-hybridized carbons (Fsp3) is 0.370. The number of aromatic nitrogens is 2. The number of amides is 3. The molecule has 4 rings (SSSR count). The maximum absolute atomic E-state index is 13.9. The molecule has 11 heteroatoms. The molecular weight excluding hydrogens is 496 g/mol. The summed E-state index contributed by atoms with van der Waals surface area (Å²) in [7, 11) is 1.78. The van der Waals surface area contributed by atoms with Gasteiger partial charge in [-0.2, -0.15) is 5.10 Å². The molecule has 1 aliphatic heterocycles. The van der Waals surface area contributed by atoms with Gasteiger partial charge in [-0.15, -0.1) is 0 Å². The van der Waals surface area contributed by atoms with E-state index in [0.717, 1.165) is 30.7 Å². The predicted molar refractivity (Wildman–Crippen MR) is 139 cm³/mol. The molecule has 2 aromatic carbocycles. The van der Waals surface area contributed by atoms with Crippen molar-refractivity contribution in [1.29, 1.82) is 0 Å². The van der Waals surface area contributed by atoms with Crippen LogP contribution in [-0.2, 0) is 11.8 Å². The normalized spacial score (nSPS) is 15.3. The number of ether oxygens (including phenoxy) is 2. The van der Waals surface area contributed by atoms with Crippen LogP contribution >= 0.6 is 0 Å². The third-order valence-electron chi connectivity index (χ3n) is 5.95. The molecule has 1 aliphatic rings. The van der Waals surface area contributed by atoms with Gasteiger partial charge in [0.25, 0.3) is 0 Å². The van der Waals surface area contributed by atoms with Crippen LogP contribution in [0.25, 0.3) is 11.3 Å². The van der Waals surface area contributed by atoms with E-state index >= 15 is 0 Å². The van der Waals surface area contributed by atoms with E-state index in [4.69, 9.17) is 9.47 Å². The highest BCUT2D eigenvalue weighted by molar-refractivity contribution is 6.00. The number of hydrogen-bond acceptors (Lipinski definition) is 5. The molecule has 202 valence electrons. The van der Waals surface area contributed by atoms with Gasteiger partial charge in [0, 0.05) is 37.1 Å². The smallest absolute Gasteiger partial charge is 0.410 e. The average molecular weight is 528 g/mol. The zero-order valence-corrected chi connectivity index (χ0v) is 21.8. The van der Waals surface area contributed by atoms with Gasteiger partial charge in [-0.1, -0.05) is 0 Å². The summed E-state index contributed by atoms with van der Waals surface area (Å²) in [5.74, 6) is -1.08. The molecule has 0 bridgehead atoms. The number of nitrogens with zero attached hydrogens (tertiary/aromatic N) is 3. The second kappa shape index (κ2) is 11.1. The highest BCUT2D eigenvalue weighted by Crippen LogP contribution is 2.33. The van der Waals surface area contributed by atoms with Crippen LogP contribution in [0.3, 0.4) is 0 Å². The first-order chi connectivity index (χ1) is 18.0. The molecule has 1 aromatic heterocycles. The monoisotopic (exact) mass is 527 g/mol. The Morgan fingerprint density at radius 1 is 1.11 bits per heavy atom. The highest BCUT2D eigenvalue weighted by Gasteiger charge is 2.32. The Morgan fingerprint density at radius 3 is 2.58 bits per heavy atom. The molecule has 0 spiro atoms. The van der Waals surface area contributed by atoms with Crippen molar-refractivity contribution in [3.05, 3.63) is 60.3 Å². The quantitative estimate of drug-likeness (QED) is 0.423. The lowest BCUT2D eigenvalue weighted by Gasteiger charge is -2.28. The number of hydrogen-bond donors (Lipinski definition) is 2. The Labute approximate surface area is 219 Å². The minimum atomic E-state index is -0.883. The maximum atomic E-state index is 13.9. The number of nitrogens with one attached hydrogen (secondary N) is 2. The summed E-state index contributed by atoms with van der Waals surface area (Å²) in [5.41, 5.74) is 1.09. The van der Waals surface area contributed by atoms with Crippen molar-refractivity contribution in [2.24, 2.45) is 7.05 Å².